The average molecular weight is 373 g/mol. The Labute approximate surface area is 164 Å². The molecular formula is C24H17ClO2. The summed E-state index contributed by atoms with van der Waals surface area (Å²) in [5, 5.41) is 10.6. The molecule has 0 amide bonds. The van der Waals surface area contributed by atoms with Gasteiger partial charge in [-0.2, -0.15) is 0 Å². The van der Waals surface area contributed by atoms with Crippen LogP contribution in [0, 0.1) is 23.7 Å². The van der Waals surface area contributed by atoms with Crippen molar-refractivity contribution >= 4 is 11.6 Å². The molecule has 132 valence electrons. The Morgan fingerprint density at radius 1 is 0.704 bits per heavy atom. The van der Waals surface area contributed by atoms with Gasteiger partial charge in [-0.05, 0) is 35.5 Å². The predicted octanol–water partition coefficient (Wildman–Crippen LogP) is 5.20. The summed E-state index contributed by atoms with van der Waals surface area (Å²) in [4.78, 5) is 0. The molecule has 0 saturated carbocycles. The average Bonchev–Trinajstić information content (AvgIpc) is 2.72. The highest BCUT2D eigenvalue weighted by Gasteiger charge is 2.11. The van der Waals surface area contributed by atoms with E-state index >= 15 is 0 Å². The van der Waals surface area contributed by atoms with Crippen molar-refractivity contribution < 1.29 is 9.84 Å². The maximum absolute atomic E-state index is 10.1. The molecule has 0 spiro atoms. The Kier molecular flexibility index (Phi) is 6.55. The summed E-state index contributed by atoms with van der Waals surface area (Å²) in [6.07, 6.45) is -1.39. The predicted molar refractivity (Wildman–Crippen MR) is 108 cm³/mol. The number of ether oxygens (including phenoxy) is 1. The molecule has 2 atom stereocenters. The van der Waals surface area contributed by atoms with Gasteiger partial charge in [-0.1, -0.05) is 90.3 Å². The van der Waals surface area contributed by atoms with Crippen molar-refractivity contribution in [1.82, 2.24) is 0 Å². The minimum Gasteiger partial charge on any atom is -0.471 e. The first-order valence-electron chi connectivity index (χ1n) is 8.44. The zero-order valence-electron chi connectivity index (χ0n) is 14.5. The highest BCUT2D eigenvalue weighted by Crippen LogP contribution is 2.28. The van der Waals surface area contributed by atoms with Crippen molar-refractivity contribution in [2.45, 2.75) is 12.2 Å². The van der Waals surface area contributed by atoms with Gasteiger partial charge in [0, 0.05) is 5.56 Å². The van der Waals surface area contributed by atoms with Gasteiger partial charge in [0.05, 0.1) is 5.02 Å². The molecule has 0 aromatic heterocycles. The first-order valence-corrected chi connectivity index (χ1v) is 8.82. The van der Waals surface area contributed by atoms with E-state index in [-0.39, 0.29) is 0 Å². The van der Waals surface area contributed by atoms with Crippen LogP contribution in [0.4, 0.5) is 0 Å². The SMILES string of the molecule is OC(C#CC#CC(Oc1ccccc1Cl)c1ccccc1)c1ccccc1. The van der Waals surface area contributed by atoms with Crippen LogP contribution in [0.1, 0.15) is 23.3 Å². The number of hydrogen-bond donors (Lipinski definition) is 1. The largest absolute Gasteiger partial charge is 0.471 e. The van der Waals surface area contributed by atoms with Crippen molar-refractivity contribution in [2.24, 2.45) is 0 Å². The zero-order chi connectivity index (χ0) is 18.9. The quantitative estimate of drug-likeness (QED) is 0.638. The van der Waals surface area contributed by atoms with Crippen LogP contribution >= 0.6 is 11.6 Å². The Morgan fingerprint density at radius 2 is 1.26 bits per heavy atom. The van der Waals surface area contributed by atoms with Crippen LogP contribution in [0.15, 0.2) is 84.9 Å². The van der Waals surface area contributed by atoms with Crippen LogP contribution in [0.25, 0.3) is 0 Å². The molecule has 27 heavy (non-hydrogen) atoms. The standard InChI is InChI=1S/C24H17ClO2/c25-21-15-7-9-18-24(21)27-23(20-13-5-2-6-14-20)17-10-8-16-22(26)19-11-3-1-4-12-19/h1-7,9,11-15,18,22-23,26H. The van der Waals surface area contributed by atoms with Gasteiger partial charge in [-0.25, -0.2) is 0 Å². The minimum atomic E-state index is -0.875. The number of benzene rings is 3. The van der Waals surface area contributed by atoms with Gasteiger partial charge in [0.25, 0.3) is 0 Å². The monoisotopic (exact) mass is 372 g/mol. The maximum Gasteiger partial charge on any atom is 0.185 e. The van der Waals surface area contributed by atoms with Gasteiger partial charge < -0.3 is 9.84 Å². The molecule has 3 aromatic carbocycles. The van der Waals surface area contributed by atoms with Gasteiger partial charge in [-0.3, -0.25) is 0 Å². The Morgan fingerprint density at radius 3 is 1.93 bits per heavy atom. The van der Waals surface area contributed by atoms with Gasteiger partial charge in [0.15, 0.2) is 6.10 Å². The second kappa shape index (κ2) is 9.51. The highest BCUT2D eigenvalue weighted by atomic mass is 35.5. The lowest BCUT2D eigenvalue weighted by atomic mass is 10.1. The van der Waals surface area contributed by atoms with E-state index in [9.17, 15) is 5.11 Å². The lowest BCUT2D eigenvalue weighted by Crippen LogP contribution is -2.05. The first-order chi connectivity index (χ1) is 13.2. The van der Waals surface area contributed by atoms with E-state index in [0.717, 1.165) is 11.1 Å². The lowest BCUT2D eigenvalue weighted by Gasteiger charge is -2.15. The summed E-state index contributed by atoms with van der Waals surface area (Å²) in [5.74, 6) is 11.8. The third-order valence-electron chi connectivity index (χ3n) is 3.77. The van der Waals surface area contributed by atoms with E-state index in [1.165, 1.54) is 0 Å². The molecule has 0 fully saturated rings. The van der Waals surface area contributed by atoms with Crippen LogP contribution < -0.4 is 4.74 Å². The second-order valence-electron chi connectivity index (χ2n) is 5.69. The van der Waals surface area contributed by atoms with Crippen LogP contribution in [-0.2, 0) is 0 Å². The molecule has 0 heterocycles. The van der Waals surface area contributed by atoms with Gasteiger partial charge in [0.2, 0.25) is 0 Å². The fourth-order valence-electron chi connectivity index (χ4n) is 2.40. The minimum absolute atomic E-state index is 0.519. The van der Waals surface area contributed by atoms with E-state index in [2.05, 4.69) is 23.7 Å². The van der Waals surface area contributed by atoms with Gasteiger partial charge in [-0.15, -0.1) is 0 Å². The molecule has 3 rings (SSSR count). The topological polar surface area (TPSA) is 29.5 Å². The summed E-state index contributed by atoms with van der Waals surface area (Å²) in [6, 6.07) is 26.1. The van der Waals surface area contributed by atoms with E-state index in [1.54, 1.807) is 12.1 Å². The zero-order valence-corrected chi connectivity index (χ0v) is 15.2. The molecule has 0 saturated heterocycles. The third kappa shape index (κ3) is 5.40. The van der Waals surface area contributed by atoms with Crippen LogP contribution in [-0.4, -0.2) is 5.11 Å². The number of para-hydroxylation sites is 1. The summed E-state index contributed by atoms with van der Waals surface area (Å²) in [5.41, 5.74) is 1.63. The van der Waals surface area contributed by atoms with Crippen molar-refractivity contribution in [1.29, 1.82) is 0 Å². The Bertz CT molecular complexity index is 992. The summed E-state index contributed by atoms with van der Waals surface area (Å²) >= 11 is 6.19. The van der Waals surface area contributed by atoms with Crippen LogP contribution in [0.5, 0.6) is 5.75 Å². The third-order valence-corrected chi connectivity index (χ3v) is 4.09. The molecule has 1 N–H and O–H groups in total. The summed E-state index contributed by atoms with van der Waals surface area (Å²) in [6.45, 7) is 0. The molecule has 0 bridgehead atoms. The van der Waals surface area contributed by atoms with Crippen LogP contribution in [0.2, 0.25) is 5.02 Å². The Hall–Kier alpha value is -3.17. The van der Waals surface area contributed by atoms with E-state index in [1.807, 2.05) is 72.8 Å². The fraction of sp³-hybridized carbons (Fsp3) is 0.0833. The van der Waals surface area contributed by atoms with E-state index in [0.29, 0.717) is 10.8 Å². The number of halogens is 1. The molecule has 0 aliphatic carbocycles. The van der Waals surface area contributed by atoms with Crippen molar-refractivity contribution in [3.8, 4) is 29.4 Å². The summed E-state index contributed by atoms with van der Waals surface area (Å²) < 4.78 is 5.99. The molecular weight excluding hydrogens is 356 g/mol. The normalized spacial score (nSPS) is 11.9. The van der Waals surface area contributed by atoms with Crippen molar-refractivity contribution in [3.05, 3.63) is 101 Å². The highest BCUT2D eigenvalue weighted by molar-refractivity contribution is 6.32. The summed E-state index contributed by atoms with van der Waals surface area (Å²) in [7, 11) is 0. The smallest absolute Gasteiger partial charge is 0.185 e. The number of hydrogen-bond acceptors (Lipinski definition) is 2. The van der Waals surface area contributed by atoms with Crippen molar-refractivity contribution in [3.63, 3.8) is 0 Å². The molecule has 3 heteroatoms. The first kappa shape index (κ1) is 18.6. The molecule has 2 unspecified atom stereocenters. The van der Waals surface area contributed by atoms with Crippen LogP contribution in [0.3, 0.4) is 0 Å². The lowest BCUT2D eigenvalue weighted by molar-refractivity contribution is 0.238. The van der Waals surface area contributed by atoms with Gasteiger partial charge in [0.1, 0.15) is 11.9 Å². The van der Waals surface area contributed by atoms with Gasteiger partial charge >= 0.3 is 0 Å². The van der Waals surface area contributed by atoms with E-state index in [4.69, 9.17) is 16.3 Å². The second-order valence-corrected chi connectivity index (χ2v) is 6.10. The number of aliphatic hydroxyl groups excluding tert-OH is 1. The fourth-order valence-corrected chi connectivity index (χ4v) is 2.58. The molecule has 0 aliphatic rings. The number of aliphatic hydroxyl groups is 1. The maximum atomic E-state index is 10.1. The number of rotatable bonds is 4. The molecule has 2 nitrogen and oxygen atoms in total. The molecule has 0 radical (unpaired) electrons. The van der Waals surface area contributed by atoms with E-state index < -0.39 is 12.2 Å². The van der Waals surface area contributed by atoms with Crippen molar-refractivity contribution in [2.75, 3.05) is 0 Å². The molecule has 3 aromatic rings. The molecule has 0 aliphatic heterocycles. The Balaban J connectivity index is 1.80.